The van der Waals surface area contributed by atoms with E-state index in [-0.39, 0.29) is 5.91 Å². The predicted molar refractivity (Wildman–Crippen MR) is 99.6 cm³/mol. The van der Waals surface area contributed by atoms with Crippen molar-refractivity contribution in [2.24, 2.45) is 0 Å². The van der Waals surface area contributed by atoms with Crippen LogP contribution in [0.25, 0.3) is 9.88 Å². The minimum Gasteiger partial charge on any atom is -0.337 e. The third-order valence-corrected chi connectivity index (χ3v) is 6.47. The molecule has 0 spiro atoms. The summed E-state index contributed by atoms with van der Waals surface area (Å²) in [5.41, 5.74) is 0.839. The molecule has 0 saturated carbocycles. The Balaban J connectivity index is 1.65. The molecule has 0 aliphatic rings. The van der Waals surface area contributed by atoms with Crippen molar-refractivity contribution in [3.05, 3.63) is 49.9 Å². The smallest absolute Gasteiger partial charge is 0.228 e. The first-order chi connectivity index (χ1) is 11.2. The molecule has 0 radical (unpaired) electrons. The van der Waals surface area contributed by atoms with Gasteiger partial charge in [0.05, 0.1) is 27.9 Å². The lowest BCUT2D eigenvalue weighted by atomic mass is 10.3. The first-order valence-corrected chi connectivity index (χ1v) is 10.1. The molecule has 3 aromatic rings. The molecular formula is C16H15ClN2OS3. The van der Waals surface area contributed by atoms with Gasteiger partial charge in [-0.1, -0.05) is 17.7 Å². The molecule has 3 heterocycles. The Morgan fingerprint density at radius 3 is 2.83 bits per heavy atom. The fraction of sp³-hybridized carbons (Fsp3) is 0.250. The molecule has 3 rings (SSSR count). The second kappa shape index (κ2) is 7.57. The Bertz CT molecular complexity index is 779. The zero-order valence-corrected chi connectivity index (χ0v) is 15.7. The number of thiazole rings is 1. The average molecular weight is 383 g/mol. The molecule has 0 N–H and O–H groups in total. The van der Waals surface area contributed by atoms with Gasteiger partial charge in [-0.25, -0.2) is 4.98 Å². The Kier molecular flexibility index (Phi) is 5.48. The molecule has 0 fully saturated rings. The Morgan fingerprint density at radius 2 is 2.17 bits per heavy atom. The number of aromatic nitrogens is 1. The van der Waals surface area contributed by atoms with Gasteiger partial charge in [0.2, 0.25) is 5.91 Å². The number of hydrogen-bond acceptors (Lipinski definition) is 5. The van der Waals surface area contributed by atoms with E-state index in [1.165, 1.54) is 11.3 Å². The second-order valence-corrected chi connectivity index (χ2v) is 8.52. The summed E-state index contributed by atoms with van der Waals surface area (Å²) in [5.74, 6) is 0.0973. The second-order valence-electron chi connectivity index (χ2n) is 4.91. The highest BCUT2D eigenvalue weighted by Gasteiger charge is 2.16. The number of thiophene rings is 2. The van der Waals surface area contributed by atoms with Crippen LogP contribution in [0.2, 0.25) is 4.34 Å². The van der Waals surface area contributed by atoms with Crippen molar-refractivity contribution >= 4 is 51.5 Å². The molecule has 0 bridgehead atoms. The van der Waals surface area contributed by atoms with Crippen LogP contribution >= 0.6 is 45.6 Å². The number of amides is 1. The van der Waals surface area contributed by atoms with Gasteiger partial charge in [0, 0.05) is 16.8 Å². The summed E-state index contributed by atoms with van der Waals surface area (Å²) in [6.45, 7) is 3.27. The van der Waals surface area contributed by atoms with Crippen LogP contribution in [0.3, 0.4) is 0 Å². The van der Waals surface area contributed by atoms with Crippen LogP contribution in [0.15, 0.2) is 35.0 Å². The molecule has 0 atom stereocenters. The van der Waals surface area contributed by atoms with Gasteiger partial charge in [-0.15, -0.1) is 34.0 Å². The normalized spacial score (nSPS) is 10.9. The van der Waals surface area contributed by atoms with E-state index >= 15 is 0 Å². The zero-order valence-electron chi connectivity index (χ0n) is 12.5. The van der Waals surface area contributed by atoms with Crippen LogP contribution in [0.1, 0.15) is 17.5 Å². The Hall–Kier alpha value is -1.21. The molecule has 0 aliphatic heterocycles. The first kappa shape index (κ1) is 16.6. The maximum absolute atomic E-state index is 12.5. The summed E-state index contributed by atoms with van der Waals surface area (Å²) in [6.07, 6.45) is 0.342. The first-order valence-electron chi connectivity index (χ1n) is 7.16. The SMILES string of the molecule is CCN(Cc1ccc(Cl)s1)C(=O)Cc1csc(-c2cccs2)n1. The van der Waals surface area contributed by atoms with Crippen LogP contribution in [0, 0.1) is 0 Å². The van der Waals surface area contributed by atoms with E-state index in [9.17, 15) is 4.79 Å². The highest BCUT2D eigenvalue weighted by Crippen LogP contribution is 2.28. The van der Waals surface area contributed by atoms with Crippen LogP contribution in [-0.4, -0.2) is 22.3 Å². The number of rotatable bonds is 6. The van der Waals surface area contributed by atoms with Crippen LogP contribution in [0.4, 0.5) is 0 Å². The number of likely N-dealkylation sites (N-methyl/N-ethyl adjacent to an activating group) is 1. The molecule has 0 aliphatic carbocycles. The molecule has 3 aromatic heterocycles. The van der Waals surface area contributed by atoms with E-state index in [0.717, 1.165) is 24.8 Å². The summed E-state index contributed by atoms with van der Waals surface area (Å²) in [5, 5.41) is 4.99. The fourth-order valence-corrected chi connectivity index (χ4v) is 4.91. The maximum atomic E-state index is 12.5. The average Bonchev–Trinajstić information content (AvgIpc) is 3.25. The fourth-order valence-electron chi connectivity index (χ4n) is 2.17. The number of halogens is 1. The van der Waals surface area contributed by atoms with E-state index < -0.39 is 0 Å². The topological polar surface area (TPSA) is 33.2 Å². The largest absolute Gasteiger partial charge is 0.337 e. The van der Waals surface area contributed by atoms with Crippen LogP contribution in [-0.2, 0) is 17.8 Å². The van der Waals surface area contributed by atoms with Gasteiger partial charge in [0.15, 0.2) is 0 Å². The molecule has 7 heteroatoms. The van der Waals surface area contributed by atoms with Crippen molar-refractivity contribution in [1.29, 1.82) is 0 Å². The molecule has 0 unspecified atom stereocenters. The van der Waals surface area contributed by atoms with Crippen molar-refractivity contribution in [3.63, 3.8) is 0 Å². The number of carbonyl (C=O) groups is 1. The third kappa shape index (κ3) is 4.20. The highest BCUT2D eigenvalue weighted by molar-refractivity contribution is 7.20. The van der Waals surface area contributed by atoms with Crippen LogP contribution < -0.4 is 0 Å². The van der Waals surface area contributed by atoms with Gasteiger partial charge in [-0.2, -0.15) is 0 Å². The summed E-state index contributed by atoms with van der Waals surface area (Å²) >= 11 is 10.7. The van der Waals surface area contributed by atoms with E-state index in [4.69, 9.17) is 11.6 Å². The van der Waals surface area contributed by atoms with Gasteiger partial charge in [0.1, 0.15) is 5.01 Å². The highest BCUT2D eigenvalue weighted by atomic mass is 35.5. The lowest BCUT2D eigenvalue weighted by Gasteiger charge is -2.19. The third-order valence-electron chi connectivity index (χ3n) is 3.33. The Labute approximate surface area is 152 Å². The van der Waals surface area contributed by atoms with E-state index in [2.05, 4.69) is 4.98 Å². The van der Waals surface area contributed by atoms with Gasteiger partial charge >= 0.3 is 0 Å². The summed E-state index contributed by atoms with van der Waals surface area (Å²) in [4.78, 5) is 21.2. The number of nitrogens with zero attached hydrogens (tertiary/aromatic N) is 2. The van der Waals surface area contributed by atoms with E-state index in [1.54, 1.807) is 22.7 Å². The summed E-state index contributed by atoms with van der Waals surface area (Å²) < 4.78 is 0.753. The van der Waals surface area contributed by atoms with Crippen molar-refractivity contribution in [1.82, 2.24) is 9.88 Å². The summed E-state index contributed by atoms with van der Waals surface area (Å²) in [6, 6.07) is 7.90. The summed E-state index contributed by atoms with van der Waals surface area (Å²) in [7, 11) is 0. The minimum absolute atomic E-state index is 0.0973. The molecular weight excluding hydrogens is 368 g/mol. The molecule has 23 heavy (non-hydrogen) atoms. The lowest BCUT2D eigenvalue weighted by molar-refractivity contribution is -0.130. The standard InChI is InChI=1S/C16H15ClN2OS3/c1-2-19(9-12-5-6-14(17)23-12)15(20)8-11-10-22-16(18-11)13-4-3-7-21-13/h3-7,10H,2,8-9H2,1H3. The zero-order chi connectivity index (χ0) is 16.2. The Morgan fingerprint density at radius 1 is 1.30 bits per heavy atom. The minimum atomic E-state index is 0.0973. The van der Waals surface area contributed by atoms with Crippen molar-refractivity contribution in [2.75, 3.05) is 6.54 Å². The van der Waals surface area contributed by atoms with Gasteiger partial charge in [-0.05, 0) is 30.5 Å². The maximum Gasteiger partial charge on any atom is 0.228 e. The molecule has 0 saturated heterocycles. The molecule has 3 nitrogen and oxygen atoms in total. The molecule has 120 valence electrons. The van der Waals surface area contributed by atoms with Gasteiger partial charge < -0.3 is 4.90 Å². The van der Waals surface area contributed by atoms with Gasteiger partial charge in [0.25, 0.3) is 0 Å². The van der Waals surface area contributed by atoms with Crippen molar-refractivity contribution in [2.45, 2.75) is 19.9 Å². The lowest BCUT2D eigenvalue weighted by Crippen LogP contribution is -2.31. The van der Waals surface area contributed by atoms with Crippen molar-refractivity contribution in [3.8, 4) is 9.88 Å². The molecule has 0 aromatic carbocycles. The van der Waals surface area contributed by atoms with Crippen molar-refractivity contribution < 1.29 is 4.79 Å². The quantitative estimate of drug-likeness (QED) is 0.588. The van der Waals surface area contributed by atoms with Gasteiger partial charge in [-0.3, -0.25) is 4.79 Å². The van der Waals surface area contributed by atoms with E-state index in [0.29, 0.717) is 19.5 Å². The number of hydrogen-bond donors (Lipinski definition) is 0. The van der Waals surface area contributed by atoms with Crippen LogP contribution in [0.5, 0.6) is 0 Å². The monoisotopic (exact) mass is 382 g/mol. The predicted octanol–water partition coefficient (Wildman–Crippen LogP) is 5.18. The number of carbonyl (C=O) groups excluding carboxylic acids is 1. The van der Waals surface area contributed by atoms with E-state index in [1.807, 2.05) is 46.8 Å². The molecule has 1 amide bonds.